The second-order valence-corrected chi connectivity index (χ2v) is 3.67. The molecular formula is C8H13N3O7. The first-order valence-electron chi connectivity index (χ1n) is 4.97. The lowest BCUT2D eigenvalue weighted by Crippen LogP contribution is -2.63. The molecule has 0 bridgehead atoms. The van der Waals surface area contributed by atoms with Crippen molar-refractivity contribution in [2.75, 3.05) is 13.7 Å². The number of aliphatic hydroxyl groups is 3. The number of nitrogens with one attached hydrogen (secondary N) is 1. The number of carbonyl (C=O) groups is 2. The van der Waals surface area contributed by atoms with Crippen molar-refractivity contribution >= 4 is 12.0 Å². The largest absolute Gasteiger partial charge is 0.455 e. The topological polar surface area (TPSA) is 149 Å². The first-order chi connectivity index (χ1) is 8.42. The first-order valence-corrected chi connectivity index (χ1v) is 4.97. The highest BCUT2D eigenvalue weighted by atomic mass is 16.6. The number of amides is 2. The molecule has 1 heterocycles. The summed E-state index contributed by atoms with van der Waals surface area (Å²) in [5.41, 5.74) is 0. The molecule has 0 aromatic rings. The molecule has 0 radical (unpaired) electrons. The van der Waals surface area contributed by atoms with E-state index in [9.17, 15) is 24.7 Å². The number of nitroso groups, excluding NO2 is 1. The van der Waals surface area contributed by atoms with E-state index in [1.165, 1.54) is 0 Å². The van der Waals surface area contributed by atoms with Crippen molar-refractivity contribution in [2.24, 2.45) is 5.29 Å². The van der Waals surface area contributed by atoms with Crippen LogP contribution in [-0.2, 0) is 9.53 Å². The number of nitrogens with zero attached hydrogens (tertiary/aromatic N) is 2. The molecule has 1 aliphatic rings. The highest BCUT2D eigenvalue weighted by Gasteiger charge is 2.45. The van der Waals surface area contributed by atoms with Crippen LogP contribution in [0.5, 0.6) is 0 Å². The maximum atomic E-state index is 11.4. The quantitative estimate of drug-likeness (QED) is 0.246. The van der Waals surface area contributed by atoms with E-state index in [4.69, 9.17) is 5.11 Å². The zero-order valence-electron chi connectivity index (χ0n) is 9.39. The van der Waals surface area contributed by atoms with Gasteiger partial charge in [-0.05, 0) is 0 Å². The van der Waals surface area contributed by atoms with Crippen LogP contribution in [-0.4, -0.2) is 70.3 Å². The summed E-state index contributed by atoms with van der Waals surface area (Å²) in [6.07, 6.45) is -4.47. The van der Waals surface area contributed by atoms with Crippen molar-refractivity contribution in [3.8, 4) is 0 Å². The van der Waals surface area contributed by atoms with Crippen molar-refractivity contribution in [3.05, 3.63) is 4.91 Å². The Bertz CT molecular complexity index is 350. The van der Waals surface area contributed by atoms with E-state index >= 15 is 0 Å². The minimum Gasteiger partial charge on any atom is -0.455 e. The summed E-state index contributed by atoms with van der Waals surface area (Å²) in [7, 11) is 1.04. The molecule has 1 saturated heterocycles. The maximum Gasteiger partial charge on any atom is 0.340 e. The first kappa shape index (κ1) is 14.3. The fraction of sp³-hybridized carbons (Fsp3) is 0.750. The van der Waals surface area contributed by atoms with E-state index in [0.29, 0.717) is 5.01 Å². The Morgan fingerprint density at radius 2 is 2.11 bits per heavy atom. The summed E-state index contributed by atoms with van der Waals surface area (Å²) < 4.78 is 4.60. The molecule has 0 spiro atoms. The molecule has 0 aromatic carbocycles. The van der Waals surface area contributed by atoms with Gasteiger partial charge < -0.3 is 25.4 Å². The third-order valence-corrected chi connectivity index (χ3v) is 2.47. The lowest BCUT2D eigenvalue weighted by atomic mass is 9.98. The number of rotatable bonds is 3. The number of aliphatic hydroxyl groups excluding tert-OH is 3. The van der Waals surface area contributed by atoms with Crippen LogP contribution >= 0.6 is 0 Å². The number of urea groups is 1. The Balaban J connectivity index is 2.74. The Labute approximate surface area is 101 Å². The van der Waals surface area contributed by atoms with Crippen LogP contribution in [0, 0.1) is 4.91 Å². The standard InChI is InChI=1S/C8H13N3O7/c1-11(10-17)8(16)9-4-6(14)5(13)3(2-12)18-7(4)15/h3-6,12-14H,2H2,1H3,(H,9,16)/t3?,4?,5-,6?/m1/s1. The van der Waals surface area contributed by atoms with Crippen molar-refractivity contribution in [1.82, 2.24) is 10.3 Å². The molecule has 4 N–H and O–H groups in total. The molecule has 10 heteroatoms. The number of cyclic esters (lactones) is 1. The van der Waals surface area contributed by atoms with Gasteiger partial charge >= 0.3 is 12.0 Å². The van der Waals surface area contributed by atoms with Gasteiger partial charge in [-0.2, -0.15) is 5.01 Å². The zero-order valence-corrected chi connectivity index (χ0v) is 9.39. The molecule has 18 heavy (non-hydrogen) atoms. The number of hydrogen-bond donors (Lipinski definition) is 4. The highest BCUT2D eigenvalue weighted by molar-refractivity contribution is 5.84. The lowest BCUT2D eigenvalue weighted by molar-refractivity contribution is -0.188. The van der Waals surface area contributed by atoms with Gasteiger partial charge in [0.05, 0.1) is 11.9 Å². The van der Waals surface area contributed by atoms with Gasteiger partial charge in [-0.1, -0.05) is 0 Å². The predicted molar refractivity (Wildman–Crippen MR) is 54.9 cm³/mol. The molecule has 0 aromatic heterocycles. The van der Waals surface area contributed by atoms with Crippen LogP contribution < -0.4 is 5.32 Å². The third kappa shape index (κ3) is 2.72. The van der Waals surface area contributed by atoms with Crippen LogP contribution in [0.2, 0.25) is 0 Å². The fourth-order valence-corrected chi connectivity index (χ4v) is 1.40. The molecule has 0 aliphatic carbocycles. The number of ether oxygens (including phenoxy) is 1. The van der Waals surface area contributed by atoms with Gasteiger partial charge in [0.1, 0.15) is 12.2 Å². The second-order valence-electron chi connectivity index (χ2n) is 3.67. The Morgan fingerprint density at radius 3 is 2.61 bits per heavy atom. The summed E-state index contributed by atoms with van der Waals surface area (Å²) in [4.78, 5) is 32.7. The van der Waals surface area contributed by atoms with Crippen LogP contribution in [0.4, 0.5) is 4.79 Å². The number of esters is 1. The molecule has 1 rings (SSSR count). The Kier molecular flexibility index (Phi) is 4.53. The maximum absolute atomic E-state index is 11.4. The SMILES string of the molecule is CN(N=O)C(=O)NC1C(=O)OC(CO)[C@@H](O)C1O. The number of hydrogen-bond acceptors (Lipinski definition) is 8. The fourth-order valence-electron chi connectivity index (χ4n) is 1.40. The molecule has 2 amide bonds. The van der Waals surface area contributed by atoms with Gasteiger partial charge in [-0.15, -0.1) is 4.91 Å². The van der Waals surface area contributed by atoms with E-state index in [1.807, 2.05) is 5.32 Å². The molecule has 1 aliphatic heterocycles. The summed E-state index contributed by atoms with van der Waals surface area (Å²) in [6.45, 7) is -0.666. The van der Waals surface area contributed by atoms with E-state index in [1.54, 1.807) is 0 Å². The minimum atomic E-state index is -1.66. The molecule has 4 atom stereocenters. The summed E-state index contributed by atoms with van der Waals surface area (Å²) in [6, 6.07) is -2.58. The van der Waals surface area contributed by atoms with E-state index in [2.05, 4.69) is 10.0 Å². The molecule has 1 fully saturated rings. The number of carbonyl (C=O) groups excluding carboxylic acids is 2. The molecular weight excluding hydrogens is 250 g/mol. The van der Waals surface area contributed by atoms with Gasteiger partial charge in [0, 0.05) is 7.05 Å². The van der Waals surface area contributed by atoms with Crippen molar-refractivity contribution in [1.29, 1.82) is 0 Å². The van der Waals surface area contributed by atoms with Gasteiger partial charge in [0.25, 0.3) is 0 Å². The van der Waals surface area contributed by atoms with E-state index < -0.39 is 43.0 Å². The van der Waals surface area contributed by atoms with Crippen LogP contribution in [0.25, 0.3) is 0 Å². The van der Waals surface area contributed by atoms with Gasteiger partial charge in [0.2, 0.25) is 0 Å². The average Bonchev–Trinajstić information content (AvgIpc) is 2.37. The highest BCUT2D eigenvalue weighted by Crippen LogP contribution is 2.16. The molecule has 10 nitrogen and oxygen atoms in total. The monoisotopic (exact) mass is 263 g/mol. The normalized spacial score (nSPS) is 31.4. The van der Waals surface area contributed by atoms with Crippen molar-refractivity contribution in [2.45, 2.75) is 24.4 Å². The van der Waals surface area contributed by atoms with E-state index in [-0.39, 0.29) is 0 Å². The van der Waals surface area contributed by atoms with E-state index in [0.717, 1.165) is 7.05 Å². The molecule has 0 saturated carbocycles. The van der Waals surface area contributed by atoms with Crippen LogP contribution in [0.1, 0.15) is 0 Å². The van der Waals surface area contributed by atoms with Gasteiger partial charge in [0.15, 0.2) is 12.1 Å². The van der Waals surface area contributed by atoms with Gasteiger partial charge in [-0.3, -0.25) is 0 Å². The lowest BCUT2D eigenvalue weighted by Gasteiger charge is -2.35. The average molecular weight is 263 g/mol. The van der Waals surface area contributed by atoms with Crippen molar-refractivity contribution < 1.29 is 29.6 Å². The summed E-state index contributed by atoms with van der Waals surface area (Å²) >= 11 is 0. The second kappa shape index (κ2) is 5.71. The third-order valence-electron chi connectivity index (χ3n) is 2.47. The summed E-state index contributed by atoms with van der Waals surface area (Å²) in [5.74, 6) is -1.03. The van der Waals surface area contributed by atoms with Crippen LogP contribution in [0.15, 0.2) is 5.29 Å². The Hall–Kier alpha value is -1.78. The van der Waals surface area contributed by atoms with Crippen molar-refractivity contribution in [3.63, 3.8) is 0 Å². The summed E-state index contributed by atoms with van der Waals surface area (Å²) in [5, 5.41) is 32.5. The molecule has 102 valence electrons. The molecule has 3 unspecified atom stereocenters. The zero-order chi connectivity index (χ0) is 13.9. The minimum absolute atomic E-state index is 0.366. The van der Waals surface area contributed by atoms with Gasteiger partial charge in [-0.25, -0.2) is 9.59 Å². The predicted octanol–water partition coefficient (Wildman–Crippen LogP) is -2.68. The Morgan fingerprint density at radius 1 is 1.50 bits per heavy atom. The smallest absolute Gasteiger partial charge is 0.340 e. The van der Waals surface area contributed by atoms with Crippen LogP contribution in [0.3, 0.4) is 0 Å².